The zero-order valence-electron chi connectivity index (χ0n) is 21.8. The molecule has 0 bridgehead atoms. The molecule has 0 saturated heterocycles. The SMILES string of the molecule is CNCc1ccc(OC)cc1OC.O=Cc1cccc(CSc2ccccc2NC(=O)C2CCCC2)c1. The minimum absolute atomic E-state index is 0.142. The number of carbonyl (C=O) groups excluding carboxylic acids is 2. The van der Waals surface area contributed by atoms with Crippen LogP contribution in [0.25, 0.3) is 0 Å². The summed E-state index contributed by atoms with van der Waals surface area (Å²) in [5.41, 5.74) is 3.80. The van der Waals surface area contributed by atoms with Crippen molar-refractivity contribution in [2.24, 2.45) is 5.92 Å². The fraction of sp³-hybridized carbons (Fsp3) is 0.333. The number of thioether (sulfide) groups is 1. The van der Waals surface area contributed by atoms with Crippen LogP contribution in [-0.2, 0) is 17.1 Å². The number of nitrogens with one attached hydrogen (secondary N) is 2. The Kier molecular flexibility index (Phi) is 11.5. The van der Waals surface area contributed by atoms with E-state index < -0.39 is 0 Å². The summed E-state index contributed by atoms with van der Waals surface area (Å²) in [6, 6.07) is 21.3. The van der Waals surface area contributed by atoms with Gasteiger partial charge >= 0.3 is 0 Å². The minimum atomic E-state index is 0.142. The largest absolute Gasteiger partial charge is 0.497 e. The van der Waals surface area contributed by atoms with Gasteiger partial charge in [0.05, 0.1) is 19.9 Å². The quantitative estimate of drug-likeness (QED) is 0.240. The summed E-state index contributed by atoms with van der Waals surface area (Å²) in [6.45, 7) is 0.799. The van der Waals surface area contributed by atoms with Crippen molar-refractivity contribution >= 4 is 29.6 Å². The minimum Gasteiger partial charge on any atom is -0.497 e. The van der Waals surface area contributed by atoms with E-state index >= 15 is 0 Å². The van der Waals surface area contributed by atoms with Crippen LogP contribution in [0.15, 0.2) is 71.6 Å². The highest BCUT2D eigenvalue weighted by Crippen LogP contribution is 2.32. The Labute approximate surface area is 224 Å². The fourth-order valence-corrected chi connectivity index (χ4v) is 5.18. The Morgan fingerprint density at radius 1 is 1.00 bits per heavy atom. The van der Waals surface area contributed by atoms with Gasteiger partial charge in [-0.3, -0.25) is 9.59 Å². The number of ether oxygens (including phenoxy) is 2. The molecule has 0 atom stereocenters. The molecule has 0 heterocycles. The highest BCUT2D eigenvalue weighted by Gasteiger charge is 2.23. The van der Waals surface area contributed by atoms with E-state index in [2.05, 4.69) is 10.6 Å². The zero-order chi connectivity index (χ0) is 26.5. The second-order valence-corrected chi connectivity index (χ2v) is 9.84. The molecule has 1 aliphatic rings. The number of hydrogen-bond acceptors (Lipinski definition) is 6. The molecule has 0 spiro atoms. The number of carbonyl (C=O) groups is 2. The summed E-state index contributed by atoms with van der Waals surface area (Å²) in [7, 11) is 5.21. The molecular weight excluding hydrogens is 484 g/mol. The molecule has 0 radical (unpaired) electrons. The summed E-state index contributed by atoms with van der Waals surface area (Å²) in [4.78, 5) is 24.3. The third-order valence-corrected chi connectivity index (χ3v) is 7.36. The van der Waals surface area contributed by atoms with Gasteiger partial charge in [0, 0.05) is 40.3 Å². The van der Waals surface area contributed by atoms with E-state index in [-0.39, 0.29) is 11.8 Å². The lowest BCUT2D eigenvalue weighted by Crippen LogP contribution is -2.20. The van der Waals surface area contributed by atoms with Gasteiger partial charge in [-0.1, -0.05) is 49.2 Å². The number of rotatable bonds is 10. The average molecular weight is 521 g/mol. The molecule has 0 aliphatic heterocycles. The lowest BCUT2D eigenvalue weighted by atomic mass is 10.1. The highest BCUT2D eigenvalue weighted by molar-refractivity contribution is 7.98. The fourth-order valence-electron chi connectivity index (χ4n) is 4.22. The first-order valence-electron chi connectivity index (χ1n) is 12.5. The molecule has 0 unspecified atom stereocenters. The second-order valence-electron chi connectivity index (χ2n) is 8.83. The smallest absolute Gasteiger partial charge is 0.227 e. The molecule has 2 N–H and O–H groups in total. The first kappa shape index (κ1) is 28.3. The molecule has 1 amide bonds. The van der Waals surface area contributed by atoms with E-state index in [1.54, 1.807) is 32.0 Å². The number of methoxy groups -OCH3 is 2. The molecule has 1 fully saturated rings. The zero-order valence-corrected chi connectivity index (χ0v) is 22.6. The van der Waals surface area contributed by atoms with Crippen molar-refractivity contribution in [1.29, 1.82) is 0 Å². The van der Waals surface area contributed by atoms with E-state index in [1.807, 2.05) is 67.7 Å². The van der Waals surface area contributed by atoms with E-state index in [1.165, 1.54) is 0 Å². The molecule has 4 rings (SSSR count). The van der Waals surface area contributed by atoms with Crippen molar-refractivity contribution in [2.45, 2.75) is 42.9 Å². The Hall–Kier alpha value is -3.29. The summed E-state index contributed by atoms with van der Waals surface area (Å²) in [6.07, 6.45) is 5.17. The van der Waals surface area contributed by atoms with E-state index in [4.69, 9.17) is 9.47 Å². The van der Waals surface area contributed by atoms with E-state index in [9.17, 15) is 9.59 Å². The maximum absolute atomic E-state index is 12.4. The predicted octanol–water partition coefficient (Wildman–Crippen LogP) is 6.34. The molecule has 196 valence electrons. The average Bonchev–Trinajstić information content (AvgIpc) is 3.49. The van der Waals surface area contributed by atoms with Crippen molar-refractivity contribution in [3.63, 3.8) is 0 Å². The summed E-state index contributed by atoms with van der Waals surface area (Å²) in [5.74, 6) is 2.74. The van der Waals surface area contributed by atoms with Crippen LogP contribution in [0.1, 0.15) is 47.2 Å². The number of hydrogen-bond donors (Lipinski definition) is 2. The molecule has 1 aliphatic carbocycles. The summed E-state index contributed by atoms with van der Waals surface area (Å²) in [5, 5.41) is 6.17. The van der Waals surface area contributed by atoms with Crippen LogP contribution >= 0.6 is 11.8 Å². The number of para-hydroxylation sites is 1. The summed E-state index contributed by atoms with van der Waals surface area (Å²) < 4.78 is 10.3. The van der Waals surface area contributed by atoms with Crippen LogP contribution in [0.5, 0.6) is 11.5 Å². The van der Waals surface area contributed by atoms with Crippen LogP contribution in [0.3, 0.4) is 0 Å². The van der Waals surface area contributed by atoms with E-state index in [0.717, 1.165) is 77.5 Å². The maximum Gasteiger partial charge on any atom is 0.227 e. The van der Waals surface area contributed by atoms with Gasteiger partial charge in [0.1, 0.15) is 17.8 Å². The first-order chi connectivity index (χ1) is 18.1. The predicted molar refractivity (Wildman–Crippen MR) is 151 cm³/mol. The van der Waals surface area contributed by atoms with Crippen LogP contribution in [0.4, 0.5) is 5.69 Å². The number of amides is 1. The Morgan fingerprint density at radius 2 is 1.78 bits per heavy atom. The van der Waals surface area contributed by atoms with Gasteiger partial charge in [-0.15, -0.1) is 11.8 Å². The van der Waals surface area contributed by atoms with Crippen molar-refractivity contribution in [1.82, 2.24) is 5.32 Å². The van der Waals surface area contributed by atoms with E-state index in [0.29, 0.717) is 5.56 Å². The molecular formula is C30H36N2O4S. The van der Waals surface area contributed by atoms with Gasteiger partial charge in [-0.05, 0) is 49.7 Å². The molecule has 37 heavy (non-hydrogen) atoms. The molecule has 3 aromatic carbocycles. The lowest BCUT2D eigenvalue weighted by molar-refractivity contribution is -0.119. The second kappa shape index (κ2) is 15.1. The molecule has 1 saturated carbocycles. The van der Waals surface area contributed by atoms with Crippen LogP contribution in [0.2, 0.25) is 0 Å². The van der Waals surface area contributed by atoms with Crippen molar-refractivity contribution in [3.05, 3.63) is 83.4 Å². The van der Waals surface area contributed by atoms with Gasteiger partial charge in [0.2, 0.25) is 5.91 Å². The Balaban J connectivity index is 0.000000248. The van der Waals surface area contributed by atoms with Crippen molar-refractivity contribution < 1.29 is 19.1 Å². The first-order valence-corrected chi connectivity index (χ1v) is 13.5. The van der Waals surface area contributed by atoms with Gasteiger partial charge in [-0.25, -0.2) is 0 Å². The highest BCUT2D eigenvalue weighted by atomic mass is 32.2. The normalized spacial score (nSPS) is 12.8. The molecule has 0 aromatic heterocycles. The van der Waals surface area contributed by atoms with Crippen molar-refractivity contribution in [2.75, 3.05) is 26.6 Å². The topological polar surface area (TPSA) is 76.7 Å². The number of anilines is 1. The van der Waals surface area contributed by atoms with Gasteiger partial charge in [0.25, 0.3) is 0 Å². The van der Waals surface area contributed by atoms with Gasteiger partial charge in [0.15, 0.2) is 0 Å². The molecule has 6 nitrogen and oxygen atoms in total. The third kappa shape index (κ3) is 8.65. The van der Waals surface area contributed by atoms with Crippen LogP contribution in [-0.4, -0.2) is 33.5 Å². The maximum atomic E-state index is 12.4. The summed E-state index contributed by atoms with van der Waals surface area (Å²) >= 11 is 1.67. The molecule has 3 aromatic rings. The third-order valence-electron chi connectivity index (χ3n) is 6.21. The Bertz CT molecular complexity index is 1160. The Morgan fingerprint density at radius 3 is 2.49 bits per heavy atom. The monoisotopic (exact) mass is 520 g/mol. The number of benzene rings is 3. The van der Waals surface area contributed by atoms with Crippen molar-refractivity contribution in [3.8, 4) is 11.5 Å². The lowest BCUT2D eigenvalue weighted by Gasteiger charge is -2.14. The van der Waals surface area contributed by atoms with Gasteiger partial charge in [-0.2, -0.15) is 0 Å². The van der Waals surface area contributed by atoms with Gasteiger partial charge < -0.3 is 20.1 Å². The number of aldehydes is 1. The standard InChI is InChI=1S/C20H21NO2S.C10H15NO2/c22-13-15-6-5-7-16(12-15)14-24-19-11-4-3-10-18(19)21-20(23)17-8-1-2-9-17;1-11-7-8-4-5-9(12-2)6-10(8)13-3/h3-7,10-13,17H,1-2,8-9,14H2,(H,21,23);4-6,11H,7H2,1-3H3. The van der Waals surface area contributed by atoms with Crippen LogP contribution in [0, 0.1) is 5.92 Å². The molecule has 7 heteroatoms. The van der Waals surface area contributed by atoms with Crippen LogP contribution < -0.4 is 20.1 Å².